The van der Waals surface area contributed by atoms with Gasteiger partial charge in [0.05, 0.1) is 4.90 Å². The first-order chi connectivity index (χ1) is 9.43. The van der Waals surface area contributed by atoms with Gasteiger partial charge in [0.25, 0.3) is 0 Å². The van der Waals surface area contributed by atoms with Crippen molar-refractivity contribution in [3.05, 3.63) is 29.8 Å². The van der Waals surface area contributed by atoms with Gasteiger partial charge < -0.3 is 10.6 Å². The molecule has 0 aliphatic rings. The maximum Gasteiger partial charge on any atom is 0.238 e. The fourth-order valence-electron chi connectivity index (χ4n) is 1.66. The van der Waals surface area contributed by atoms with E-state index in [2.05, 4.69) is 10.6 Å². The molecule has 0 atom stereocenters. The fraction of sp³-hybridized carbons (Fsp3) is 0.462. The first kappa shape index (κ1) is 16.6. The molecule has 4 N–H and O–H groups in total. The predicted octanol–water partition coefficient (Wildman–Crippen LogP) is -0.00770. The van der Waals surface area contributed by atoms with Crippen molar-refractivity contribution in [3.63, 3.8) is 0 Å². The van der Waals surface area contributed by atoms with Gasteiger partial charge >= 0.3 is 0 Å². The molecule has 0 heterocycles. The van der Waals surface area contributed by atoms with Crippen molar-refractivity contribution in [2.75, 3.05) is 19.6 Å². The largest absolute Gasteiger partial charge is 0.356 e. The van der Waals surface area contributed by atoms with Crippen LogP contribution in [0.1, 0.15) is 18.9 Å². The molecule has 6 nitrogen and oxygen atoms in total. The van der Waals surface area contributed by atoms with Crippen molar-refractivity contribution in [3.8, 4) is 0 Å². The van der Waals surface area contributed by atoms with E-state index in [1.54, 1.807) is 12.1 Å². The number of nitrogens with one attached hydrogen (secondary N) is 2. The Hall–Kier alpha value is -1.44. The lowest BCUT2D eigenvalue weighted by Gasteiger charge is -2.06. The number of hydrogen-bond acceptors (Lipinski definition) is 4. The Balaban J connectivity index is 2.34. The minimum absolute atomic E-state index is 0.00658. The number of sulfonamides is 1. The highest BCUT2D eigenvalue weighted by Crippen LogP contribution is 2.08. The molecule has 7 heteroatoms. The van der Waals surface area contributed by atoms with Crippen LogP contribution in [0.3, 0.4) is 0 Å². The summed E-state index contributed by atoms with van der Waals surface area (Å²) in [5.41, 5.74) is 0.949. The Bertz CT molecular complexity index is 526. The van der Waals surface area contributed by atoms with Crippen LogP contribution in [0.5, 0.6) is 0 Å². The zero-order valence-electron chi connectivity index (χ0n) is 11.6. The van der Waals surface area contributed by atoms with Crippen molar-refractivity contribution in [2.45, 2.75) is 24.7 Å². The lowest BCUT2D eigenvalue weighted by molar-refractivity contribution is -0.120. The molecule has 0 radical (unpaired) electrons. The van der Waals surface area contributed by atoms with Gasteiger partial charge in [0, 0.05) is 19.5 Å². The second-order valence-corrected chi connectivity index (χ2v) is 5.95. The molecular formula is C13H21N3O3S. The normalized spacial score (nSPS) is 11.3. The molecule has 0 fully saturated rings. The van der Waals surface area contributed by atoms with Crippen molar-refractivity contribution in [1.29, 1.82) is 0 Å². The van der Waals surface area contributed by atoms with E-state index in [4.69, 9.17) is 5.14 Å². The van der Waals surface area contributed by atoms with Gasteiger partial charge in [0.2, 0.25) is 15.9 Å². The number of rotatable bonds is 8. The standard InChI is InChI=1S/C13H21N3O3S/c1-2-15-9-8-13(17)16-10-7-11-3-5-12(6-4-11)20(14,18)19/h3-6,15H,2,7-10H2,1H3,(H,16,17)(H2,14,18,19). The van der Waals surface area contributed by atoms with E-state index < -0.39 is 10.0 Å². The second-order valence-electron chi connectivity index (χ2n) is 4.39. The lowest BCUT2D eigenvalue weighted by atomic mass is 10.1. The number of nitrogens with two attached hydrogens (primary N) is 1. The van der Waals surface area contributed by atoms with Gasteiger partial charge in [-0.25, -0.2) is 13.6 Å². The smallest absolute Gasteiger partial charge is 0.238 e. The van der Waals surface area contributed by atoms with Crippen LogP contribution >= 0.6 is 0 Å². The molecule has 1 aromatic carbocycles. The first-order valence-electron chi connectivity index (χ1n) is 6.52. The van der Waals surface area contributed by atoms with E-state index in [1.165, 1.54) is 12.1 Å². The number of hydrogen-bond donors (Lipinski definition) is 3. The number of carbonyl (C=O) groups is 1. The van der Waals surface area contributed by atoms with Crippen LogP contribution in [0.2, 0.25) is 0 Å². The number of carbonyl (C=O) groups excluding carboxylic acids is 1. The van der Waals surface area contributed by atoms with Gasteiger partial charge in [0.15, 0.2) is 0 Å². The van der Waals surface area contributed by atoms with E-state index in [0.717, 1.165) is 12.1 Å². The number of primary sulfonamides is 1. The van der Waals surface area contributed by atoms with Gasteiger partial charge in [-0.3, -0.25) is 4.79 Å². The average molecular weight is 299 g/mol. The molecule has 1 rings (SSSR count). The van der Waals surface area contributed by atoms with Crippen molar-refractivity contribution < 1.29 is 13.2 Å². The average Bonchev–Trinajstić information content (AvgIpc) is 2.38. The summed E-state index contributed by atoms with van der Waals surface area (Å²) >= 11 is 0. The minimum atomic E-state index is -3.64. The SMILES string of the molecule is CCNCCC(=O)NCCc1ccc(S(N)(=O)=O)cc1. The molecule has 0 saturated carbocycles. The zero-order chi connectivity index (χ0) is 15.0. The molecular weight excluding hydrogens is 278 g/mol. The van der Waals surface area contributed by atoms with Crippen LogP contribution in [-0.2, 0) is 21.2 Å². The van der Waals surface area contributed by atoms with Crippen LogP contribution < -0.4 is 15.8 Å². The summed E-state index contributed by atoms with van der Waals surface area (Å²) in [4.78, 5) is 11.5. The minimum Gasteiger partial charge on any atom is -0.356 e. The quantitative estimate of drug-likeness (QED) is 0.588. The summed E-state index contributed by atoms with van der Waals surface area (Å²) in [5.74, 6) is 0.00658. The molecule has 1 aromatic rings. The molecule has 112 valence electrons. The van der Waals surface area contributed by atoms with Crippen LogP contribution in [0.25, 0.3) is 0 Å². The van der Waals surface area contributed by atoms with E-state index >= 15 is 0 Å². The van der Waals surface area contributed by atoms with Crippen LogP contribution in [0, 0.1) is 0 Å². The fourth-order valence-corrected chi connectivity index (χ4v) is 2.17. The third kappa shape index (κ3) is 6.14. The molecule has 0 aliphatic carbocycles. The molecule has 20 heavy (non-hydrogen) atoms. The number of amides is 1. The zero-order valence-corrected chi connectivity index (χ0v) is 12.4. The predicted molar refractivity (Wildman–Crippen MR) is 77.7 cm³/mol. The maximum absolute atomic E-state index is 11.4. The summed E-state index contributed by atoms with van der Waals surface area (Å²) in [7, 11) is -3.64. The lowest BCUT2D eigenvalue weighted by Crippen LogP contribution is -2.29. The van der Waals surface area contributed by atoms with E-state index in [9.17, 15) is 13.2 Å². The molecule has 0 spiro atoms. The molecule has 0 aromatic heterocycles. The van der Waals surface area contributed by atoms with Gasteiger partial charge in [0.1, 0.15) is 0 Å². The Kier molecular flexibility index (Phi) is 6.63. The Morgan fingerprint density at radius 3 is 2.40 bits per heavy atom. The first-order valence-corrected chi connectivity index (χ1v) is 8.07. The van der Waals surface area contributed by atoms with Gasteiger partial charge in [-0.05, 0) is 30.7 Å². The summed E-state index contributed by atoms with van der Waals surface area (Å²) < 4.78 is 22.2. The molecule has 0 saturated heterocycles. The monoisotopic (exact) mass is 299 g/mol. The van der Waals surface area contributed by atoms with E-state index in [0.29, 0.717) is 25.9 Å². The maximum atomic E-state index is 11.4. The summed E-state index contributed by atoms with van der Waals surface area (Å²) in [5, 5.41) is 10.9. The van der Waals surface area contributed by atoms with E-state index in [-0.39, 0.29) is 10.8 Å². The van der Waals surface area contributed by atoms with Gasteiger partial charge in [-0.2, -0.15) is 0 Å². The van der Waals surface area contributed by atoms with Gasteiger partial charge in [-0.15, -0.1) is 0 Å². The second kappa shape index (κ2) is 7.98. The number of benzene rings is 1. The third-order valence-electron chi connectivity index (χ3n) is 2.77. The molecule has 0 unspecified atom stereocenters. The Morgan fingerprint density at radius 2 is 1.85 bits per heavy atom. The van der Waals surface area contributed by atoms with Crippen molar-refractivity contribution in [2.24, 2.45) is 5.14 Å². The van der Waals surface area contributed by atoms with Crippen LogP contribution in [0.4, 0.5) is 0 Å². The van der Waals surface area contributed by atoms with Crippen LogP contribution in [0.15, 0.2) is 29.2 Å². The highest BCUT2D eigenvalue weighted by molar-refractivity contribution is 7.89. The van der Waals surface area contributed by atoms with Crippen LogP contribution in [-0.4, -0.2) is 34.0 Å². The molecule has 0 aliphatic heterocycles. The van der Waals surface area contributed by atoms with Crippen molar-refractivity contribution >= 4 is 15.9 Å². The molecule has 0 bridgehead atoms. The Morgan fingerprint density at radius 1 is 1.20 bits per heavy atom. The highest BCUT2D eigenvalue weighted by atomic mass is 32.2. The summed E-state index contributed by atoms with van der Waals surface area (Å²) in [6, 6.07) is 6.34. The van der Waals surface area contributed by atoms with Crippen molar-refractivity contribution in [1.82, 2.24) is 10.6 Å². The summed E-state index contributed by atoms with van der Waals surface area (Å²) in [6.45, 7) is 4.04. The Labute approximate surface area is 119 Å². The molecule has 1 amide bonds. The van der Waals surface area contributed by atoms with Gasteiger partial charge in [-0.1, -0.05) is 19.1 Å². The summed E-state index contributed by atoms with van der Waals surface area (Å²) in [6.07, 6.45) is 1.11. The topological polar surface area (TPSA) is 101 Å². The highest BCUT2D eigenvalue weighted by Gasteiger charge is 2.06. The van der Waals surface area contributed by atoms with E-state index in [1.807, 2.05) is 6.92 Å². The third-order valence-corrected chi connectivity index (χ3v) is 3.70.